The summed E-state index contributed by atoms with van der Waals surface area (Å²) in [6.45, 7) is 6.14. The quantitative estimate of drug-likeness (QED) is 0.755. The molecule has 0 spiro atoms. The van der Waals surface area contributed by atoms with E-state index in [1.54, 1.807) is 15.6 Å². The van der Waals surface area contributed by atoms with Crippen molar-refractivity contribution in [1.82, 2.24) is 4.68 Å². The Morgan fingerprint density at radius 1 is 1.20 bits per heavy atom. The summed E-state index contributed by atoms with van der Waals surface area (Å²) in [5.41, 5.74) is 0.895. The van der Waals surface area contributed by atoms with Crippen molar-refractivity contribution in [3.8, 4) is 5.69 Å². The predicted molar refractivity (Wildman–Crippen MR) is 74.8 cm³/mol. The van der Waals surface area contributed by atoms with E-state index >= 15 is 0 Å². The number of hydrogen-bond donors (Lipinski definition) is 0. The lowest BCUT2D eigenvalue weighted by Crippen LogP contribution is -2.38. The molecule has 2 rings (SSSR count). The fourth-order valence-electron chi connectivity index (χ4n) is 2.54. The fraction of sp³-hybridized carbons (Fsp3) is 0.438. The molecular formula is C16H21F2N2+. The lowest BCUT2D eigenvalue weighted by Gasteiger charge is -2.29. The molecule has 108 valence electrons. The molecule has 0 unspecified atom stereocenters. The highest BCUT2D eigenvalue weighted by Gasteiger charge is 2.30. The minimum absolute atomic E-state index is 0.254. The van der Waals surface area contributed by atoms with Gasteiger partial charge in [0.25, 0.3) is 0 Å². The number of benzene rings is 1. The molecule has 0 aliphatic rings. The lowest BCUT2D eigenvalue weighted by atomic mass is 9.77. The number of halogens is 2. The maximum absolute atomic E-state index is 14.4. The lowest BCUT2D eigenvalue weighted by molar-refractivity contribution is -0.744. The molecule has 20 heavy (non-hydrogen) atoms. The van der Waals surface area contributed by atoms with Crippen LogP contribution in [0.25, 0.3) is 5.69 Å². The Labute approximate surface area is 118 Å². The third-order valence-corrected chi connectivity index (χ3v) is 4.34. The SMILES string of the molecule is CCC(C)(CC)c1cc(F)cc(F)c1-n1ccc[n+]1C. The van der Waals surface area contributed by atoms with Crippen molar-refractivity contribution in [1.29, 1.82) is 0 Å². The van der Waals surface area contributed by atoms with Crippen molar-refractivity contribution in [2.24, 2.45) is 7.05 Å². The molecule has 0 atom stereocenters. The van der Waals surface area contributed by atoms with Crippen LogP contribution in [0.3, 0.4) is 0 Å². The Hall–Kier alpha value is -1.71. The van der Waals surface area contributed by atoms with Crippen LogP contribution in [0.15, 0.2) is 30.6 Å². The molecule has 0 amide bonds. The molecule has 1 heterocycles. The van der Waals surface area contributed by atoms with Gasteiger partial charge in [0.05, 0.1) is 6.20 Å². The first-order chi connectivity index (χ1) is 9.42. The van der Waals surface area contributed by atoms with Crippen molar-refractivity contribution >= 4 is 0 Å². The molecule has 2 nitrogen and oxygen atoms in total. The largest absolute Gasteiger partial charge is 0.207 e. The van der Waals surface area contributed by atoms with Crippen LogP contribution >= 0.6 is 0 Å². The number of nitrogens with zero attached hydrogens (tertiary/aromatic N) is 2. The van der Waals surface area contributed by atoms with Gasteiger partial charge in [0, 0.05) is 12.1 Å². The van der Waals surface area contributed by atoms with Crippen molar-refractivity contribution in [3.63, 3.8) is 0 Å². The summed E-state index contributed by atoms with van der Waals surface area (Å²) in [6, 6.07) is 4.25. The van der Waals surface area contributed by atoms with Gasteiger partial charge in [0.2, 0.25) is 0 Å². The minimum atomic E-state index is -0.528. The Morgan fingerprint density at radius 3 is 2.35 bits per heavy atom. The molecule has 0 bridgehead atoms. The van der Waals surface area contributed by atoms with E-state index in [1.807, 2.05) is 40.1 Å². The standard InChI is InChI=1S/C16H21F2N2/c1-5-16(3,6-2)13-10-12(17)11-14(18)15(13)20-9-7-8-19(20)4/h7-11H,5-6H2,1-4H3/q+1. The van der Waals surface area contributed by atoms with Gasteiger partial charge in [-0.25, -0.2) is 8.78 Å². The third kappa shape index (κ3) is 2.35. The van der Waals surface area contributed by atoms with E-state index in [0.717, 1.165) is 18.9 Å². The zero-order chi connectivity index (χ0) is 14.9. The minimum Gasteiger partial charge on any atom is -0.207 e. The Balaban J connectivity index is 2.77. The molecule has 1 aromatic carbocycles. The molecule has 2 aromatic rings. The second kappa shape index (κ2) is 5.35. The van der Waals surface area contributed by atoms with Crippen molar-refractivity contribution < 1.29 is 13.5 Å². The number of aromatic nitrogens is 2. The summed E-state index contributed by atoms with van der Waals surface area (Å²) in [4.78, 5) is 0. The van der Waals surface area contributed by atoms with Crippen LogP contribution < -0.4 is 4.68 Å². The zero-order valence-electron chi connectivity index (χ0n) is 12.5. The molecule has 0 aliphatic carbocycles. The van der Waals surface area contributed by atoms with Gasteiger partial charge >= 0.3 is 0 Å². The zero-order valence-corrected chi connectivity index (χ0v) is 12.5. The Kier molecular flexibility index (Phi) is 3.93. The summed E-state index contributed by atoms with van der Waals surface area (Å²) in [5.74, 6) is -1.05. The molecule has 0 fully saturated rings. The second-order valence-electron chi connectivity index (χ2n) is 5.46. The van der Waals surface area contributed by atoms with Gasteiger partial charge < -0.3 is 0 Å². The monoisotopic (exact) mass is 279 g/mol. The maximum Gasteiger partial charge on any atom is 0.195 e. The topological polar surface area (TPSA) is 8.81 Å². The normalized spacial score (nSPS) is 11.9. The Morgan fingerprint density at radius 2 is 1.85 bits per heavy atom. The van der Waals surface area contributed by atoms with Gasteiger partial charge in [-0.15, -0.1) is 9.36 Å². The van der Waals surface area contributed by atoms with Gasteiger partial charge in [-0.05, 0) is 29.9 Å². The average Bonchev–Trinajstić information content (AvgIpc) is 2.83. The first-order valence-electron chi connectivity index (χ1n) is 6.96. The first-order valence-corrected chi connectivity index (χ1v) is 6.96. The highest BCUT2D eigenvalue weighted by atomic mass is 19.1. The van der Waals surface area contributed by atoms with Gasteiger partial charge in [0.1, 0.15) is 11.5 Å². The summed E-state index contributed by atoms with van der Waals surface area (Å²) in [7, 11) is 1.84. The van der Waals surface area contributed by atoms with E-state index in [4.69, 9.17) is 0 Å². The van der Waals surface area contributed by atoms with Crippen molar-refractivity contribution in [2.75, 3.05) is 0 Å². The number of aryl methyl sites for hydroxylation is 1. The fourth-order valence-corrected chi connectivity index (χ4v) is 2.54. The van der Waals surface area contributed by atoms with Crippen LogP contribution in [-0.2, 0) is 12.5 Å². The summed E-state index contributed by atoms with van der Waals surface area (Å²) < 4.78 is 31.6. The summed E-state index contributed by atoms with van der Waals surface area (Å²) >= 11 is 0. The summed E-state index contributed by atoms with van der Waals surface area (Å²) in [6.07, 6.45) is 5.27. The average molecular weight is 279 g/mol. The van der Waals surface area contributed by atoms with E-state index in [1.165, 1.54) is 6.07 Å². The number of rotatable bonds is 4. The van der Waals surface area contributed by atoms with E-state index < -0.39 is 11.6 Å². The molecule has 0 saturated carbocycles. The van der Waals surface area contributed by atoms with Crippen molar-refractivity contribution in [3.05, 3.63) is 47.8 Å². The molecule has 0 N–H and O–H groups in total. The molecule has 1 aromatic heterocycles. The summed E-state index contributed by atoms with van der Waals surface area (Å²) in [5, 5.41) is 0. The smallest absolute Gasteiger partial charge is 0.195 e. The van der Waals surface area contributed by atoms with E-state index in [0.29, 0.717) is 11.3 Å². The highest BCUT2D eigenvalue weighted by Crippen LogP contribution is 2.36. The highest BCUT2D eigenvalue weighted by molar-refractivity contribution is 5.46. The van der Waals surface area contributed by atoms with Crippen LogP contribution in [-0.4, -0.2) is 4.68 Å². The maximum atomic E-state index is 14.4. The van der Waals surface area contributed by atoms with Gasteiger partial charge in [-0.2, -0.15) is 0 Å². The predicted octanol–water partition coefficient (Wildman–Crippen LogP) is 3.66. The number of hydrogen-bond acceptors (Lipinski definition) is 0. The van der Waals surface area contributed by atoms with E-state index in [2.05, 4.69) is 0 Å². The van der Waals surface area contributed by atoms with Gasteiger partial charge in [-0.3, -0.25) is 0 Å². The second-order valence-corrected chi connectivity index (χ2v) is 5.46. The van der Waals surface area contributed by atoms with Crippen LogP contribution in [0.1, 0.15) is 39.2 Å². The van der Waals surface area contributed by atoms with Crippen LogP contribution in [0.4, 0.5) is 8.78 Å². The van der Waals surface area contributed by atoms with Crippen molar-refractivity contribution in [2.45, 2.75) is 39.0 Å². The van der Waals surface area contributed by atoms with E-state index in [9.17, 15) is 8.78 Å². The Bertz CT molecular complexity index is 613. The van der Waals surface area contributed by atoms with Crippen LogP contribution in [0, 0.1) is 11.6 Å². The first kappa shape index (κ1) is 14.7. The third-order valence-electron chi connectivity index (χ3n) is 4.34. The van der Waals surface area contributed by atoms with Gasteiger partial charge in [0.15, 0.2) is 19.1 Å². The molecule has 0 saturated heterocycles. The molecule has 0 aliphatic heterocycles. The molecular weight excluding hydrogens is 258 g/mol. The van der Waals surface area contributed by atoms with Gasteiger partial charge in [-0.1, -0.05) is 20.8 Å². The van der Waals surface area contributed by atoms with Crippen LogP contribution in [0.5, 0.6) is 0 Å². The molecule has 4 heteroatoms. The van der Waals surface area contributed by atoms with E-state index in [-0.39, 0.29) is 5.41 Å². The van der Waals surface area contributed by atoms with Crippen LogP contribution in [0.2, 0.25) is 0 Å². The molecule has 0 radical (unpaired) electrons.